The third-order valence-corrected chi connectivity index (χ3v) is 5.28. The van der Waals surface area contributed by atoms with Gasteiger partial charge in [0.05, 0.1) is 19.2 Å². The normalized spacial score (nSPS) is 13.0. The first-order valence-electron chi connectivity index (χ1n) is 8.75. The maximum atomic E-state index is 12.7. The minimum atomic E-state index is -3.75. The largest absolute Gasteiger partial charge is 0.497 e. The molecular formula is C21H18NO6P. The minimum Gasteiger partial charge on any atom is -0.497 e. The molecule has 1 unspecified atom stereocenters. The van der Waals surface area contributed by atoms with Crippen LogP contribution < -0.4 is 14.6 Å². The fourth-order valence-corrected chi connectivity index (χ4v) is 3.82. The monoisotopic (exact) mass is 411 g/mol. The van der Waals surface area contributed by atoms with E-state index in [1.165, 1.54) is 12.9 Å². The highest BCUT2D eigenvalue weighted by atomic mass is 31.2. The van der Waals surface area contributed by atoms with Gasteiger partial charge in [0.1, 0.15) is 17.6 Å². The van der Waals surface area contributed by atoms with Gasteiger partial charge in [-0.3, -0.25) is 5.32 Å². The summed E-state index contributed by atoms with van der Waals surface area (Å²) in [5.74, 6) is 0.830. The second-order valence-corrected chi connectivity index (χ2v) is 8.30. The summed E-state index contributed by atoms with van der Waals surface area (Å²) in [4.78, 5) is 12.2. The zero-order valence-corrected chi connectivity index (χ0v) is 16.6. The van der Waals surface area contributed by atoms with Gasteiger partial charge in [-0.15, -0.1) is 0 Å². The number of hydrogen-bond acceptors (Lipinski definition) is 6. The zero-order valence-electron chi connectivity index (χ0n) is 15.7. The summed E-state index contributed by atoms with van der Waals surface area (Å²) in [5, 5.41) is 5.16. The molecule has 4 aromatic rings. The number of hydrogen-bond donors (Lipinski definition) is 1. The number of anilines is 1. The number of benzene rings is 3. The molecule has 7 nitrogen and oxygen atoms in total. The fraction of sp³-hybridized carbons (Fsp3) is 0.0952. The van der Waals surface area contributed by atoms with Crippen LogP contribution in [0.3, 0.4) is 0 Å². The van der Waals surface area contributed by atoms with E-state index in [-0.39, 0.29) is 5.75 Å². The molecule has 0 aliphatic heterocycles. The Labute approximate surface area is 166 Å². The first kappa shape index (κ1) is 18.9. The summed E-state index contributed by atoms with van der Waals surface area (Å²) in [6.07, 6.45) is 0.436. The summed E-state index contributed by atoms with van der Waals surface area (Å²) in [6, 6.07) is 18.3. The van der Waals surface area contributed by atoms with E-state index in [4.69, 9.17) is 18.2 Å². The predicted molar refractivity (Wildman–Crippen MR) is 111 cm³/mol. The molecule has 1 atom stereocenters. The van der Waals surface area contributed by atoms with Gasteiger partial charge in [-0.1, -0.05) is 30.3 Å². The standard InChI is InChI=1S/C21H18NO6P/c1-25-17-9-10-18-19(12-17)26-13-20(18)27-29(2,24)28-21(23)22-16-8-7-14-5-3-4-6-15(14)11-16/h3-13H,1-2H3,(H,22,23). The van der Waals surface area contributed by atoms with E-state index < -0.39 is 13.7 Å². The molecule has 3 aromatic carbocycles. The van der Waals surface area contributed by atoms with Crippen LogP contribution in [0.1, 0.15) is 0 Å². The van der Waals surface area contributed by atoms with Crippen LogP contribution in [0, 0.1) is 0 Å². The fourth-order valence-electron chi connectivity index (χ4n) is 2.94. The molecule has 0 saturated carbocycles. The Kier molecular flexibility index (Phi) is 4.91. The number of fused-ring (bicyclic) bond motifs is 2. The number of amides is 1. The molecule has 8 heteroatoms. The van der Waals surface area contributed by atoms with Gasteiger partial charge in [-0.2, -0.15) is 0 Å². The van der Waals surface area contributed by atoms with Gasteiger partial charge < -0.3 is 18.2 Å². The van der Waals surface area contributed by atoms with Crippen molar-refractivity contribution in [1.29, 1.82) is 0 Å². The Morgan fingerprint density at radius 1 is 1.03 bits per heavy atom. The Bertz CT molecular complexity index is 1250. The molecule has 0 aliphatic rings. The SMILES string of the molecule is COc1ccc2c(OP(C)(=O)OC(=O)Nc3ccc4ccccc4c3)coc2c1. The van der Waals surface area contributed by atoms with Crippen molar-refractivity contribution in [2.24, 2.45) is 0 Å². The van der Waals surface area contributed by atoms with Crippen molar-refractivity contribution in [2.45, 2.75) is 0 Å². The number of carbonyl (C=O) groups is 1. The third kappa shape index (κ3) is 4.20. The molecule has 0 radical (unpaired) electrons. The topological polar surface area (TPSA) is 87.0 Å². The smallest absolute Gasteiger partial charge is 0.431 e. The lowest BCUT2D eigenvalue weighted by molar-refractivity contribution is 0.209. The van der Waals surface area contributed by atoms with Crippen molar-refractivity contribution in [3.63, 3.8) is 0 Å². The summed E-state index contributed by atoms with van der Waals surface area (Å²) >= 11 is 0. The van der Waals surface area contributed by atoms with Crippen molar-refractivity contribution in [2.75, 3.05) is 19.1 Å². The van der Waals surface area contributed by atoms with Crippen molar-refractivity contribution >= 4 is 41.1 Å². The molecule has 0 spiro atoms. The van der Waals surface area contributed by atoms with Crippen molar-refractivity contribution < 1.29 is 27.6 Å². The van der Waals surface area contributed by atoms with Crippen LogP contribution >= 0.6 is 7.60 Å². The van der Waals surface area contributed by atoms with Gasteiger partial charge in [-0.25, -0.2) is 9.36 Å². The number of rotatable bonds is 5. The van der Waals surface area contributed by atoms with Crippen LogP contribution in [0.4, 0.5) is 10.5 Å². The Morgan fingerprint density at radius 3 is 2.62 bits per heavy atom. The van der Waals surface area contributed by atoms with E-state index in [1.54, 1.807) is 37.4 Å². The van der Waals surface area contributed by atoms with Gasteiger partial charge in [0.15, 0.2) is 5.75 Å². The van der Waals surface area contributed by atoms with E-state index in [9.17, 15) is 9.36 Å². The van der Waals surface area contributed by atoms with Crippen LogP contribution in [-0.4, -0.2) is 19.9 Å². The number of furan rings is 1. The van der Waals surface area contributed by atoms with E-state index in [0.717, 1.165) is 10.8 Å². The van der Waals surface area contributed by atoms with E-state index in [1.807, 2.05) is 30.3 Å². The van der Waals surface area contributed by atoms with Gasteiger partial charge in [0.2, 0.25) is 0 Å². The highest BCUT2D eigenvalue weighted by Gasteiger charge is 2.26. The quantitative estimate of drug-likeness (QED) is 0.403. The number of methoxy groups -OCH3 is 1. The molecule has 1 aromatic heterocycles. The average Bonchev–Trinajstić information content (AvgIpc) is 3.08. The third-order valence-electron chi connectivity index (χ3n) is 4.26. The van der Waals surface area contributed by atoms with Crippen LogP contribution in [0.15, 0.2) is 71.3 Å². The lowest BCUT2D eigenvalue weighted by atomic mass is 10.1. The number of nitrogens with one attached hydrogen (secondary N) is 1. The number of ether oxygens (including phenoxy) is 1. The van der Waals surface area contributed by atoms with E-state index in [2.05, 4.69) is 5.32 Å². The average molecular weight is 411 g/mol. The molecular weight excluding hydrogens is 393 g/mol. The Morgan fingerprint density at radius 2 is 1.83 bits per heavy atom. The summed E-state index contributed by atoms with van der Waals surface area (Å²) < 4.78 is 33.7. The van der Waals surface area contributed by atoms with Crippen molar-refractivity contribution in [1.82, 2.24) is 0 Å². The van der Waals surface area contributed by atoms with E-state index >= 15 is 0 Å². The first-order valence-corrected chi connectivity index (χ1v) is 10.7. The molecule has 0 bridgehead atoms. The molecule has 0 saturated heterocycles. The molecule has 4 rings (SSSR count). The minimum absolute atomic E-state index is 0.215. The van der Waals surface area contributed by atoms with Crippen LogP contribution in [0.25, 0.3) is 21.7 Å². The van der Waals surface area contributed by atoms with Crippen molar-refractivity contribution in [3.8, 4) is 11.5 Å². The van der Waals surface area contributed by atoms with Crippen LogP contribution in [-0.2, 0) is 9.09 Å². The van der Waals surface area contributed by atoms with Crippen LogP contribution in [0.2, 0.25) is 0 Å². The van der Waals surface area contributed by atoms with Gasteiger partial charge in [-0.05, 0) is 35.0 Å². The molecule has 1 heterocycles. The van der Waals surface area contributed by atoms with Crippen LogP contribution in [0.5, 0.6) is 11.5 Å². The Balaban J connectivity index is 1.46. The van der Waals surface area contributed by atoms with Crippen molar-refractivity contribution in [3.05, 3.63) is 66.9 Å². The Hall–Kier alpha value is -3.44. The summed E-state index contributed by atoms with van der Waals surface area (Å²) in [6.45, 7) is 1.22. The number of carbonyl (C=O) groups excluding carboxylic acids is 1. The maximum absolute atomic E-state index is 12.7. The lowest BCUT2D eigenvalue weighted by Crippen LogP contribution is -2.13. The maximum Gasteiger partial charge on any atom is 0.431 e. The second kappa shape index (κ2) is 7.53. The van der Waals surface area contributed by atoms with Gasteiger partial charge in [0.25, 0.3) is 0 Å². The second-order valence-electron chi connectivity index (χ2n) is 6.39. The molecule has 29 heavy (non-hydrogen) atoms. The first-order chi connectivity index (χ1) is 13.9. The van der Waals surface area contributed by atoms with Gasteiger partial charge >= 0.3 is 13.7 Å². The highest BCUT2D eigenvalue weighted by Crippen LogP contribution is 2.47. The summed E-state index contributed by atoms with van der Waals surface area (Å²) in [7, 11) is -2.20. The predicted octanol–water partition coefficient (Wildman–Crippen LogP) is 6.05. The molecule has 1 amide bonds. The van der Waals surface area contributed by atoms with Gasteiger partial charge in [0, 0.05) is 11.8 Å². The molecule has 148 valence electrons. The molecule has 1 N–H and O–H groups in total. The summed E-state index contributed by atoms with van der Waals surface area (Å²) in [5.41, 5.74) is 1.02. The highest BCUT2D eigenvalue weighted by molar-refractivity contribution is 7.54. The van der Waals surface area contributed by atoms with E-state index in [0.29, 0.717) is 22.4 Å². The lowest BCUT2D eigenvalue weighted by Gasteiger charge is -2.14. The molecule has 0 fully saturated rings. The molecule has 0 aliphatic carbocycles. The zero-order chi connectivity index (χ0) is 20.4.